The number of H-pyrrole nitrogens is 1. The van der Waals surface area contributed by atoms with Gasteiger partial charge in [-0.05, 0) is 42.2 Å². The molecule has 0 spiro atoms. The first-order valence-corrected chi connectivity index (χ1v) is 11.5. The smallest absolute Gasteiger partial charge is 0.400 e. The topological polar surface area (TPSA) is 93.0 Å². The molecule has 1 fully saturated rings. The molecule has 0 aromatic carbocycles. The fourth-order valence-corrected chi connectivity index (χ4v) is 4.39. The largest absolute Gasteiger partial charge is 0.455 e. The number of nitrogens with zero attached hydrogens (tertiary/aromatic N) is 3. The van der Waals surface area contributed by atoms with E-state index in [-0.39, 0.29) is 5.39 Å². The van der Waals surface area contributed by atoms with Crippen molar-refractivity contribution < 1.29 is 32.0 Å². The summed E-state index contributed by atoms with van der Waals surface area (Å²) >= 11 is 1.55. The number of aliphatic hydroxyl groups is 1. The molecule has 35 heavy (non-hydrogen) atoms. The van der Waals surface area contributed by atoms with E-state index in [1.807, 2.05) is 13.0 Å². The number of fused-ring (bicyclic) bond motifs is 1. The molecule has 1 saturated carbocycles. The van der Waals surface area contributed by atoms with Crippen LogP contribution in [-0.4, -0.2) is 39.6 Å². The van der Waals surface area contributed by atoms with Gasteiger partial charge in [0.15, 0.2) is 6.20 Å². The zero-order chi connectivity index (χ0) is 26.0. The Hall–Kier alpha value is -3.04. The molecule has 0 saturated heterocycles. The fourth-order valence-electron chi connectivity index (χ4n) is 3.56. The Bertz CT molecular complexity index is 1330. The lowest BCUT2D eigenvalue weighted by Gasteiger charge is -2.20. The van der Waals surface area contributed by atoms with Crippen LogP contribution in [0.25, 0.3) is 22.2 Å². The van der Waals surface area contributed by atoms with E-state index in [0.717, 1.165) is 42.4 Å². The number of halogens is 5. The van der Waals surface area contributed by atoms with E-state index in [9.17, 15) is 32.0 Å². The van der Waals surface area contributed by atoms with Crippen molar-refractivity contribution in [1.82, 2.24) is 9.55 Å². The van der Waals surface area contributed by atoms with Crippen LogP contribution in [0.1, 0.15) is 25.3 Å². The average molecular weight is 514 g/mol. The highest BCUT2D eigenvalue weighted by atomic mass is 32.2. The minimum absolute atomic E-state index is 0.0676. The van der Waals surface area contributed by atoms with Gasteiger partial charge < -0.3 is 9.67 Å². The Morgan fingerprint density at radius 3 is 2.51 bits per heavy atom. The molecular weight excluding hydrogens is 491 g/mol. The van der Waals surface area contributed by atoms with E-state index in [0.29, 0.717) is 21.3 Å². The van der Waals surface area contributed by atoms with Gasteiger partial charge in [-0.2, -0.15) is 27.2 Å². The molecule has 0 aliphatic heterocycles. The maximum atomic E-state index is 13.4. The summed E-state index contributed by atoms with van der Waals surface area (Å²) in [6, 6.07) is 7.18. The van der Waals surface area contributed by atoms with Crippen molar-refractivity contribution in [2.45, 2.75) is 48.7 Å². The van der Waals surface area contributed by atoms with E-state index in [4.69, 9.17) is 5.11 Å². The maximum Gasteiger partial charge on any atom is 0.455 e. The fraction of sp³-hybridized carbons (Fsp3) is 0.391. The summed E-state index contributed by atoms with van der Waals surface area (Å²) in [4.78, 5) is 20.8. The van der Waals surface area contributed by atoms with Gasteiger partial charge in [-0.15, -0.1) is 11.8 Å². The zero-order valence-electron chi connectivity index (χ0n) is 18.8. The molecule has 186 valence electrons. The second kappa shape index (κ2) is 9.91. The molecule has 0 radical (unpaired) electrons. The second-order valence-electron chi connectivity index (χ2n) is 7.86. The van der Waals surface area contributed by atoms with Crippen LogP contribution in [0.2, 0.25) is 0 Å². The molecule has 3 aromatic rings. The number of aromatic nitrogens is 3. The molecule has 0 unspecified atom stereocenters. The van der Waals surface area contributed by atoms with E-state index >= 15 is 0 Å². The zero-order valence-corrected chi connectivity index (χ0v) is 19.6. The van der Waals surface area contributed by atoms with Gasteiger partial charge in [0.2, 0.25) is 5.69 Å². The van der Waals surface area contributed by atoms with Crippen molar-refractivity contribution in [2.75, 3.05) is 12.9 Å². The van der Waals surface area contributed by atoms with Crippen molar-refractivity contribution in [2.24, 2.45) is 0 Å². The van der Waals surface area contributed by atoms with Crippen LogP contribution in [0.3, 0.4) is 0 Å². The first-order valence-electron chi connectivity index (χ1n) is 10.5. The van der Waals surface area contributed by atoms with Crippen LogP contribution in [0.5, 0.6) is 0 Å². The van der Waals surface area contributed by atoms with E-state index in [1.54, 1.807) is 24.0 Å². The monoisotopic (exact) mass is 513 g/mol. The van der Waals surface area contributed by atoms with Crippen molar-refractivity contribution in [3.05, 3.63) is 52.7 Å². The van der Waals surface area contributed by atoms with Crippen molar-refractivity contribution in [3.8, 4) is 17.5 Å². The third-order valence-corrected chi connectivity index (χ3v) is 6.54. The SMILES string of the molecule is CCSc1cc(C2(C#N)CC2)c[nH+]c1-c1cc2ccn(CC(F)(F)C(F)(F)F)c(=O)c2cn1.CO. The predicted octanol–water partition coefficient (Wildman–Crippen LogP) is 4.35. The Balaban J connectivity index is 0.00000167. The molecule has 0 amide bonds. The van der Waals surface area contributed by atoms with E-state index in [1.165, 1.54) is 12.3 Å². The Labute approximate surface area is 201 Å². The first kappa shape index (κ1) is 26.6. The number of alkyl halides is 5. The molecule has 0 atom stereocenters. The highest BCUT2D eigenvalue weighted by Crippen LogP contribution is 2.48. The molecule has 3 heterocycles. The number of aromatic amines is 1. The van der Waals surface area contributed by atoms with Gasteiger partial charge in [0.25, 0.3) is 5.56 Å². The summed E-state index contributed by atoms with van der Waals surface area (Å²) < 4.78 is 64.8. The molecule has 0 bridgehead atoms. The van der Waals surface area contributed by atoms with Crippen LogP contribution >= 0.6 is 11.8 Å². The normalized spacial score (nSPS) is 14.7. The van der Waals surface area contributed by atoms with Crippen molar-refractivity contribution >= 4 is 22.5 Å². The number of nitriles is 1. The minimum atomic E-state index is -5.76. The number of pyridine rings is 3. The number of nitrogens with one attached hydrogen (secondary N) is 1. The van der Waals surface area contributed by atoms with E-state index in [2.05, 4.69) is 16.0 Å². The lowest BCUT2D eigenvalue weighted by Crippen LogP contribution is -2.42. The molecular formula is C23H22F5N4O2S+. The maximum absolute atomic E-state index is 13.4. The Kier molecular flexibility index (Phi) is 7.52. The molecule has 1 aliphatic rings. The summed E-state index contributed by atoms with van der Waals surface area (Å²) in [7, 11) is 1.00. The minimum Gasteiger partial charge on any atom is -0.400 e. The number of hydrogen-bond acceptors (Lipinski definition) is 5. The van der Waals surface area contributed by atoms with Crippen LogP contribution in [0.4, 0.5) is 22.0 Å². The van der Waals surface area contributed by atoms with Crippen LogP contribution in [0, 0.1) is 11.3 Å². The van der Waals surface area contributed by atoms with Gasteiger partial charge in [-0.25, -0.2) is 9.97 Å². The average Bonchev–Trinajstić information content (AvgIpc) is 3.63. The van der Waals surface area contributed by atoms with Gasteiger partial charge in [-0.3, -0.25) is 4.79 Å². The van der Waals surface area contributed by atoms with Gasteiger partial charge in [0, 0.05) is 25.1 Å². The number of hydrogen-bond donors (Lipinski definition) is 1. The molecule has 6 nitrogen and oxygen atoms in total. The van der Waals surface area contributed by atoms with Crippen LogP contribution in [0.15, 0.2) is 46.5 Å². The van der Waals surface area contributed by atoms with Gasteiger partial charge >= 0.3 is 12.1 Å². The molecule has 12 heteroatoms. The summed E-state index contributed by atoms with van der Waals surface area (Å²) in [5.74, 6) is -4.28. The molecule has 3 aromatic heterocycles. The quantitative estimate of drug-likeness (QED) is 0.391. The standard InChI is InChI=1S/C22H17F5N4OS.CH4O/c1-2-33-17-8-14(20(11-28)4-5-20)9-30-18(17)16-7-13-3-6-31(19(32)15(13)10-29-16)12-21(23,24)22(25,26)27;1-2/h3,6-10H,2,4-5,12H2,1H3;2H,1H3/p+1. The summed E-state index contributed by atoms with van der Waals surface area (Å²) in [6.07, 6.45) is -0.319. The number of aliphatic hydroxyl groups excluding tert-OH is 1. The first-order chi connectivity index (χ1) is 16.5. The van der Waals surface area contributed by atoms with Crippen molar-refractivity contribution in [3.63, 3.8) is 0 Å². The van der Waals surface area contributed by atoms with Crippen molar-refractivity contribution in [1.29, 1.82) is 5.26 Å². The lowest BCUT2D eigenvalue weighted by atomic mass is 9.99. The Morgan fingerprint density at radius 1 is 1.26 bits per heavy atom. The predicted molar refractivity (Wildman–Crippen MR) is 120 cm³/mol. The Morgan fingerprint density at radius 2 is 1.94 bits per heavy atom. The van der Waals surface area contributed by atoms with Gasteiger partial charge in [0.1, 0.15) is 5.69 Å². The summed E-state index contributed by atoms with van der Waals surface area (Å²) in [6.45, 7) is 0.172. The summed E-state index contributed by atoms with van der Waals surface area (Å²) in [5, 5.41) is 16.8. The number of thioether (sulfide) groups is 1. The van der Waals surface area contributed by atoms with Gasteiger partial charge in [-0.1, -0.05) is 6.92 Å². The summed E-state index contributed by atoms with van der Waals surface area (Å²) in [5.41, 5.74) is 0.568. The lowest BCUT2D eigenvalue weighted by molar-refractivity contribution is -0.368. The van der Waals surface area contributed by atoms with Crippen LogP contribution < -0.4 is 10.5 Å². The van der Waals surface area contributed by atoms with E-state index < -0.39 is 29.6 Å². The second-order valence-corrected chi connectivity index (χ2v) is 9.17. The highest BCUT2D eigenvalue weighted by Gasteiger charge is 2.57. The van der Waals surface area contributed by atoms with Gasteiger partial charge in [0.05, 0.1) is 28.3 Å². The molecule has 1 aliphatic carbocycles. The third-order valence-electron chi connectivity index (χ3n) is 5.62. The molecule has 4 rings (SSSR count). The number of rotatable bonds is 6. The van der Waals surface area contributed by atoms with Crippen LogP contribution in [-0.2, 0) is 12.0 Å². The third kappa shape index (κ3) is 5.16. The molecule has 2 N–H and O–H groups in total. The highest BCUT2D eigenvalue weighted by molar-refractivity contribution is 7.99.